The van der Waals surface area contributed by atoms with E-state index >= 15 is 0 Å². The van der Waals surface area contributed by atoms with Gasteiger partial charge in [-0.15, -0.1) is 0 Å². The minimum Gasteiger partial charge on any atom is -0.339 e. The van der Waals surface area contributed by atoms with Crippen molar-refractivity contribution in [3.05, 3.63) is 77.7 Å². The number of likely N-dealkylation sites (tertiary alicyclic amines) is 2. The Kier molecular flexibility index (Phi) is 4.34. The normalized spacial score (nSPS) is 22.9. The van der Waals surface area contributed by atoms with E-state index < -0.39 is 5.41 Å². The fourth-order valence-electron chi connectivity index (χ4n) is 4.61. The minimum atomic E-state index is -0.566. The van der Waals surface area contributed by atoms with E-state index in [1.807, 2.05) is 40.1 Å². The lowest BCUT2D eigenvalue weighted by molar-refractivity contribution is 0.0727. The molecule has 2 aromatic heterocycles. The van der Waals surface area contributed by atoms with Gasteiger partial charge in [0.15, 0.2) is 5.82 Å². The van der Waals surface area contributed by atoms with E-state index in [2.05, 4.69) is 15.1 Å². The van der Waals surface area contributed by atoms with Gasteiger partial charge < -0.3 is 14.3 Å². The number of carbonyl (C=O) groups is 2. The summed E-state index contributed by atoms with van der Waals surface area (Å²) < 4.78 is 5.57. The number of fused-ring (bicyclic) bond motifs is 1. The Morgan fingerprint density at radius 1 is 1.00 bits per heavy atom. The van der Waals surface area contributed by atoms with Gasteiger partial charge in [-0.05, 0) is 31.2 Å². The van der Waals surface area contributed by atoms with Gasteiger partial charge in [-0.1, -0.05) is 23.4 Å². The Balaban J connectivity index is 1.45. The van der Waals surface area contributed by atoms with Crippen molar-refractivity contribution >= 4 is 11.8 Å². The van der Waals surface area contributed by atoms with Crippen molar-refractivity contribution in [3.63, 3.8) is 0 Å². The average molecular weight is 403 g/mol. The van der Waals surface area contributed by atoms with Gasteiger partial charge in [0.1, 0.15) is 0 Å². The average Bonchev–Trinajstić information content (AvgIpc) is 3.46. The summed E-state index contributed by atoms with van der Waals surface area (Å²) in [4.78, 5) is 38.3. The molecule has 4 heterocycles. The molecular formula is C22H21N5O3. The second-order valence-electron chi connectivity index (χ2n) is 7.98. The van der Waals surface area contributed by atoms with Crippen LogP contribution in [0.3, 0.4) is 0 Å². The first-order valence-electron chi connectivity index (χ1n) is 9.91. The zero-order valence-corrected chi connectivity index (χ0v) is 16.6. The SMILES string of the molecule is Cc1noc([C@@]23CN(C(=O)c4ccccc4)C[C@@H]2CN(C(=O)c2cccnc2)C3)n1. The molecule has 0 bridgehead atoms. The maximum atomic E-state index is 13.1. The predicted octanol–water partition coefficient (Wildman–Crippen LogP) is 1.94. The molecule has 0 N–H and O–H groups in total. The van der Waals surface area contributed by atoms with Crippen LogP contribution in [0.25, 0.3) is 0 Å². The van der Waals surface area contributed by atoms with E-state index in [0.717, 1.165) is 0 Å². The molecule has 8 heteroatoms. The van der Waals surface area contributed by atoms with Gasteiger partial charge in [0.25, 0.3) is 11.8 Å². The van der Waals surface area contributed by atoms with Crippen LogP contribution in [0.15, 0.2) is 59.4 Å². The molecule has 0 saturated carbocycles. The number of benzene rings is 1. The van der Waals surface area contributed by atoms with Crippen molar-refractivity contribution in [2.45, 2.75) is 12.3 Å². The Morgan fingerprint density at radius 3 is 2.27 bits per heavy atom. The fourth-order valence-corrected chi connectivity index (χ4v) is 4.61. The van der Waals surface area contributed by atoms with Gasteiger partial charge in [0.2, 0.25) is 5.89 Å². The third kappa shape index (κ3) is 2.96. The molecule has 5 rings (SSSR count). The summed E-state index contributed by atoms with van der Waals surface area (Å²) in [7, 11) is 0. The first kappa shape index (κ1) is 18.5. The highest BCUT2D eigenvalue weighted by molar-refractivity contribution is 5.95. The van der Waals surface area contributed by atoms with Gasteiger partial charge >= 0.3 is 0 Å². The molecule has 30 heavy (non-hydrogen) atoms. The largest absolute Gasteiger partial charge is 0.339 e. The smallest absolute Gasteiger partial charge is 0.255 e. The van der Waals surface area contributed by atoms with Crippen molar-refractivity contribution in [2.24, 2.45) is 5.92 Å². The van der Waals surface area contributed by atoms with Crippen molar-refractivity contribution in [1.82, 2.24) is 24.9 Å². The number of carbonyl (C=O) groups excluding carboxylic acids is 2. The van der Waals surface area contributed by atoms with Crippen LogP contribution in [0.1, 0.15) is 32.4 Å². The van der Waals surface area contributed by atoms with Crippen LogP contribution in [0, 0.1) is 12.8 Å². The zero-order chi connectivity index (χ0) is 20.7. The van der Waals surface area contributed by atoms with Crippen LogP contribution < -0.4 is 0 Å². The molecule has 2 atom stereocenters. The van der Waals surface area contributed by atoms with Gasteiger partial charge in [-0.3, -0.25) is 14.6 Å². The van der Waals surface area contributed by atoms with E-state index in [0.29, 0.717) is 49.0 Å². The highest BCUT2D eigenvalue weighted by Crippen LogP contribution is 2.45. The highest BCUT2D eigenvalue weighted by atomic mass is 16.5. The van der Waals surface area contributed by atoms with E-state index in [4.69, 9.17) is 4.52 Å². The monoisotopic (exact) mass is 403 g/mol. The summed E-state index contributed by atoms with van der Waals surface area (Å²) in [6.07, 6.45) is 3.22. The Labute approximate surface area is 173 Å². The number of rotatable bonds is 3. The zero-order valence-electron chi connectivity index (χ0n) is 16.6. The first-order chi connectivity index (χ1) is 14.6. The number of amides is 2. The molecule has 8 nitrogen and oxygen atoms in total. The molecule has 0 aliphatic carbocycles. The number of aryl methyl sites for hydroxylation is 1. The molecule has 0 unspecified atom stereocenters. The van der Waals surface area contributed by atoms with E-state index in [9.17, 15) is 9.59 Å². The molecule has 2 aliphatic heterocycles. The molecule has 3 aromatic rings. The third-order valence-corrected chi connectivity index (χ3v) is 6.07. The van der Waals surface area contributed by atoms with E-state index in [1.165, 1.54) is 0 Å². The van der Waals surface area contributed by atoms with Crippen LogP contribution in [0.2, 0.25) is 0 Å². The molecule has 2 fully saturated rings. The van der Waals surface area contributed by atoms with Crippen LogP contribution in [-0.2, 0) is 5.41 Å². The number of nitrogens with zero attached hydrogens (tertiary/aromatic N) is 5. The first-order valence-corrected chi connectivity index (χ1v) is 9.91. The molecule has 2 saturated heterocycles. The number of aromatic nitrogens is 3. The summed E-state index contributed by atoms with van der Waals surface area (Å²) in [5.41, 5.74) is 0.632. The van der Waals surface area contributed by atoms with Gasteiger partial charge in [-0.2, -0.15) is 4.98 Å². The summed E-state index contributed by atoms with van der Waals surface area (Å²) in [6.45, 7) is 3.68. The second kappa shape index (κ2) is 7.05. The van der Waals surface area contributed by atoms with Crippen molar-refractivity contribution in [1.29, 1.82) is 0 Å². The second-order valence-corrected chi connectivity index (χ2v) is 7.98. The summed E-state index contributed by atoms with van der Waals surface area (Å²) in [5.74, 6) is 0.961. The van der Waals surface area contributed by atoms with E-state index in [1.54, 1.807) is 31.5 Å². The lowest BCUT2D eigenvalue weighted by atomic mass is 9.81. The molecule has 2 aliphatic rings. The number of hydrogen-bond acceptors (Lipinski definition) is 6. The van der Waals surface area contributed by atoms with E-state index in [-0.39, 0.29) is 17.7 Å². The number of pyridine rings is 1. The van der Waals surface area contributed by atoms with Crippen LogP contribution in [-0.4, -0.2) is 62.9 Å². The maximum Gasteiger partial charge on any atom is 0.255 e. The lowest BCUT2D eigenvalue weighted by Crippen LogP contribution is -2.41. The Bertz CT molecular complexity index is 1020. The molecule has 1 aromatic carbocycles. The molecule has 0 spiro atoms. The molecule has 152 valence electrons. The van der Waals surface area contributed by atoms with Crippen molar-refractivity contribution in [2.75, 3.05) is 26.2 Å². The molecular weight excluding hydrogens is 382 g/mol. The van der Waals surface area contributed by atoms with Crippen molar-refractivity contribution in [3.8, 4) is 0 Å². The third-order valence-electron chi connectivity index (χ3n) is 6.07. The minimum absolute atomic E-state index is 0.0191. The van der Waals surface area contributed by atoms with Crippen LogP contribution in [0.4, 0.5) is 0 Å². The number of hydrogen-bond donors (Lipinski definition) is 0. The Hall–Kier alpha value is -3.55. The van der Waals surface area contributed by atoms with Gasteiger partial charge in [0.05, 0.1) is 11.0 Å². The van der Waals surface area contributed by atoms with Crippen LogP contribution in [0.5, 0.6) is 0 Å². The van der Waals surface area contributed by atoms with Crippen LogP contribution >= 0.6 is 0 Å². The van der Waals surface area contributed by atoms with Gasteiger partial charge in [-0.25, -0.2) is 0 Å². The Morgan fingerprint density at radius 2 is 1.67 bits per heavy atom. The molecule has 0 radical (unpaired) electrons. The predicted molar refractivity (Wildman–Crippen MR) is 107 cm³/mol. The topological polar surface area (TPSA) is 92.4 Å². The summed E-state index contributed by atoms with van der Waals surface area (Å²) >= 11 is 0. The lowest BCUT2D eigenvalue weighted by Gasteiger charge is -2.26. The summed E-state index contributed by atoms with van der Waals surface area (Å²) in [5, 5.41) is 3.97. The standard InChI is InChI=1S/C22H21N5O3/c1-15-24-21(30-25-15)22-13-26(19(28)16-6-3-2-4-7-16)11-18(22)12-27(14-22)20(29)17-8-5-9-23-10-17/h2-10,18H,11-14H2,1H3/t18-,22-/m1/s1. The summed E-state index contributed by atoms with van der Waals surface area (Å²) in [6, 6.07) is 12.8. The molecule has 2 amide bonds. The van der Waals surface area contributed by atoms with Crippen molar-refractivity contribution < 1.29 is 14.1 Å². The van der Waals surface area contributed by atoms with Gasteiger partial charge in [0, 0.05) is 50.1 Å². The fraction of sp³-hybridized carbons (Fsp3) is 0.318. The maximum absolute atomic E-state index is 13.1. The quantitative estimate of drug-likeness (QED) is 0.664. The highest BCUT2D eigenvalue weighted by Gasteiger charge is 2.58.